The molecule has 0 atom stereocenters. The molecule has 0 unspecified atom stereocenters. The highest BCUT2D eigenvalue weighted by Gasteiger charge is 2.30. The number of hydrogen-bond donors (Lipinski definition) is 0. The molecule has 2 aliphatic rings. The van der Waals surface area contributed by atoms with Crippen molar-refractivity contribution in [3.05, 3.63) is 140 Å². The fourth-order valence-corrected chi connectivity index (χ4v) is 6.16. The minimum absolute atomic E-state index is 0.322. The van der Waals surface area contributed by atoms with E-state index < -0.39 is 0 Å². The average Bonchev–Trinajstić information content (AvgIpc) is 3.16. The summed E-state index contributed by atoms with van der Waals surface area (Å²) in [5.41, 5.74) is 12.9. The van der Waals surface area contributed by atoms with Gasteiger partial charge in [0.25, 0.3) is 0 Å². The highest BCUT2D eigenvalue weighted by molar-refractivity contribution is 9.10. The first-order valence-corrected chi connectivity index (χ1v) is 12.0. The summed E-state index contributed by atoms with van der Waals surface area (Å²) in [5, 5.41) is 2.64. The molecule has 0 amide bonds. The SMILES string of the molecule is Brc1ccc2cc3c(cc2c1)Cc1ccc(C2c4ccccc4-c4ccccc42)cc1C3. The van der Waals surface area contributed by atoms with Gasteiger partial charge in [0.2, 0.25) is 0 Å². The summed E-state index contributed by atoms with van der Waals surface area (Å²) < 4.78 is 1.14. The van der Waals surface area contributed by atoms with Crippen LogP contribution in [0.2, 0.25) is 0 Å². The lowest BCUT2D eigenvalue weighted by Gasteiger charge is -2.23. The number of halogens is 1. The molecule has 0 aliphatic heterocycles. The summed E-state index contributed by atoms with van der Waals surface area (Å²) >= 11 is 3.62. The molecule has 32 heavy (non-hydrogen) atoms. The summed E-state index contributed by atoms with van der Waals surface area (Å²) in [6, 6.07) is 36.4. The van der Waals surface area contributed by atoms with Crippen molar-refractivity contribution in [1.29, 1.82) is 0 Å². The van der Waals surface area contributed by atoms with E-state index in [4.69, 9.17) is 0 Å². The summed E-state index contributed by atoms with van der Waals surface area (Å²) in [5.74, 6) is 0.322. The second-order valence-corrected chi connectivity index (χ2v) is 10.0. The highest BCUT2D eigenvalue weighted by atomic mass is 79.9. The van der Waals surface area contributed by atoms with Crippen LogP contribution < -0.4 is 0 Å². The third-order valence-corrected chi connectivity index (χ3v) is 7.77. The van der Waals surface area contributed by atoms with Crippen LogP contribution in [-0.4, -0.2) is 0 Å². The molecule has 0 saturated heterocycles. The molecule has 152 valence electrons. The topological polar surface area (TPSA) is 0 Å². The predicted octanol–water partition coefficient (Wildman–Crippen LogP) is 8.26. The van der Waals surface area contributed by atoms with Crippen molar-refractivity contribution in [2.75, 3.05) is 0 Å². The molecule has 0 saturated carbocycles. The number of hydrogen-bond acceptors (Lipinski definition) is 0. The van der Waals surface area contributed by atoms with E-state index in [-0.39, 0.29) is 0 Å². The molecule has 5 aromatic carbocycles. The molecular formula is C31H21Br. The minimum Gasteiger partial charge on any atom is -0.0619 e. The van der Waals surface area contributed by atoms with Gasteiger partial charge in [-0.05, 0) is 85.8 Å². The van der Waals surface area contributed by atoms with Crippen LogP contribution in [-0.2, 0) is 12.8 Å². The van der Waals surface area contributed by atoms with Crippen LogP contribution in [0.15, 0.2) is 102 Å². The van der Waals surface area contributed by atoms with Crippen LogP contribution in [0, 0.1) is 0 Å². The van der Waals surface area contributed by atoms with Gasteiger partial charge in [-0.2, -0.15) is 0 Å². The maximum Gasteiger partial charge on any atom is 0.0352 e. The van der Waals surface area contributed by atoms with Crippen LogP contribution in [0.4, 0.5) is 0 Å². The van der Waals surface area contributed by atoms with Crippen molar-refractivity contribution < 1.29 is 0 Å². The van der Waals surface area contributed by atoms with Crippen molar-refractivity contribution in [2.24, 2.45) is 0 Å². The number of rotatable bonds is 1. The van der Waals surface area contributed by atoms with E-state index in [2.05, 4.69) is 113 Å². The maximum absolute atomic E-state index is 3.62. The average molecular weight is 473 g/mol. The first kappa shape index (κ1) is 18.4. The Labute approximate surface area is 196 Å². The predicted molar refractivity (Wildman–Crippen MR) is 137 cm³/mol. The monoisotopic (exact) mass is 472 g/mol. The second kappa shape index (κ2) is 6.92. The Morgan fingerprint density at radius 1 is 0.531 bits per heavy atom. The Morgan fingerprint density at radius 3 is 1.91 bits per heavy atom. The molecule has 7 rings (SSSR count). The lowest BCUT2D eigenvalue weighted by molar-refractivity contribution is 0.965. The zero-order valence-corrected chi connectivity index (χ0v) is 19.2. The molecule has 5 aromatic rings. The summed E-state index contributed by atoms with van der Waals surface area (Å²) in [4.78, 5) is 0. The molecule has 0 bridgehead atoms. The maximum atomic E-state index is 3.62. The first-order valence-electron chi connectivity index (χ1n) is 11.3. The molecule has 0 N–H and O–H groups in total. The highest BCUT2D eigenvalue weighted by Crippen LogP contribution is 2.48. The summed E-state index contributed by atoms with van der Waals surface area (Å²) in [6.07, 6.45) is 2.03. The molecular weight excluding hydrogens is 452 g/mol. The normalized spacial score (nSPS) is 14.0. The minimum atomic E-state index is 0.322. The second-order valence-electron chi connectivity index (χ2n) is 9.10. The van der Waals surface area contributed by atoms with E-state index in [1.807, 2.05) is 0 Å². The molecule has 1 heteroatoms. The van der Waals surface area contributed by atoms with Gasteiger partial charge in [0, 0.05) is 10.4 Å². The molecule has 0 fully saturated rings. The standard InChI is InChI=1S/C31H21Br/c32-26-12-11-20-14-23-16-22-15-21(10-9-19(22)13-24(23)17-25(20)18-26)31-29-7-3-1-5-27(29)28-6-2-4-8-30(28)31/h1-12,14-15,17-18,31H,13,16H2. The van der Waals surface area contributed by atoms with E-state index in [1.165, 1.54) is 60.8 Å². The number of benzene rings is 5. The Morgan fingerprint density at radius 2 is 1.16 bits per heavy atom. The molecule has 0 radical (unpaired) electrons. The van der Waals surface area contributed by atoms with Gasteiger partial charge in [0.1, 0.15) is 0 Å². The zero-order chi connectivity index (χ0) is 21.2. The third kappa shape index (κ3) is 2.74. The van der Waals surface area contributed by atoms with E-state index in [1.54, 1.807) is 0 Å². The quantitative estimate of drug-likeness (QED) is 0.225. The molecule has 0 aromatic heterocycles. The van der Waals surface area contributed by atoms with E-state index in [9.17, 15) is 0 Å². The van der Waals surface area contributed by atoms with Crippen molar-refractivity contribution >= 4 is 26.7 Å². The molecule has 0 spiro atoms. The van der Waals surface area contributed by atoms with Crippen LogP contribution in [0.5, 0.6) is 0 Å². The first-order chi connectivity index (χ1) is 15.7. The Bertz CT molecular complexity index is 1500. The van der Waals surface area contributed by atoms with E-state index >= 15 is 0 Å². The summed E-state index contributed by atoms with van der Waals surface area (Å²) in [7, 11) is 0. The molecule has 2 aliphatic carbocycles. The van der Waals surface area contributed by atoms with E-state index in [0.717, 1.165) is 17.3 Å². The van der Waals surface area contributed by atoms with Crippen LogP contribution in [0.25, 0.3) is 21.9 Å². The fourth-order valence-electron chi connectivity index (χ4n) is 5.78. The van der Waals surface area contributed by atoms with Gasteiger partial charge >= 0.3 is 0 Å². The fraction of sp³-hybridized carbons (Fsp3) is 0.0968. The van der Waals surface area contributed by atoms with Gasteiger partial charge in [0.05, 0.1) is 0 Å². The Balaban J connectivity index is 1.33. The van der Waals surface area contributed by atoms with Crippen LogP contribution in [0.3, 0.4) is 0 Å². The molecule has 0 heterocycles. The van der Waals surface area contributed by atoms with Gasteiger partial charge in [-0.3, -0.25) is 0 Å². The van der Waals surface area contributed by atoms with Gasteiger partial charge in [-0.15, -0.1) is 0 Å². The smallest absolute Gasteiger partial charge is 0.0352 e. The molecule has 0 nitrogen and oxygen atoms in total. The van der Waals surface area contributed by atoms with Crippen molar-refractivity contribution in [3.8, 4) is 11.1 Å². The lowest BCUT2D eigenvalue weighted by atomic mass is 9.81. The Hall–Kier alpha value is -3.16. The van der Waals surface area contributed by atoms with Crippen LogP contribution in [0.1, 0.15) is 44.9 Å². The van der Waals surface area contributed by atoms with Gasteiger partial charge in [0.15, 0.2) is 0 Å². The van der Waals surface area contributed by atoms with Crippen molar-refractivity contribution in [1.82, 2.24) is 0 Å². The largest absolute Gasteiger partial charge is 0.0619 e. The summed E-state index contributed by atoms with van der Waals surface area (Å²) in [6.45, 7) is 0. The van der Waals surface area contributed by atoms with Crippen molar-refractivity contribution in [2.45, 2.75) is 18.8 Å². The van der Waals surface area contributed by atoms with Gasteiger partial charge in [-0.1, -0.05) is 101 Å². The van der Waals surface area contributed by atoms with E-state index in [0.29, 0.717) is 5.92 Å². The van der Waals surface area contributed by atoms with Crippen LogP contribution >= 0.6 is 15.9 Å². The Kier molecular flexibility index (Phi) is 3.98. The van der Waals surface area contributed by atoms with Gasteiger partial charge < -0.3 is 0 Å². The zero-order valence-electron chi connectivity index (χ0n) is 17.6. The third-order valence-electron chi connectivity index (χ3n) is 7.28. The number of fused-ring (bicyclic) bond motifs is 6. The lowest BCUT2D eigenvalue weighted by Crippen LogP contribution is -2.09. The van der Waals surface area contributed by atoms with Gasteiger partial charge in [-0.25, -0.2) is 0 Å². The van der Waals surface area contributed by atoms with Crippen molar-refractivity contribution in [3.63, 3.8) is 0 Å².